The molecule has 28 heteroatoms. The van der Waals surface area contributed by atoms with Crippen molar-refractivity contribution < 1.29 is 60.5 Å². The number of hydrogen-bond donors (Lipinski definition) is 5. The second-order valence-electron chi connectivity index (χ2n) is 14.3. The summed E-state index contributed by atoms with van der Waals surface area (Å²) in [5, 5.41) is 24.7. The van der Waals surface area contributed by atoms with E-state index in [-0.39, 0.29) is 47.1 Å². The van der Waals surface area contributed by atoms with Crippen LogP contribution in [0.2, 0.25) is 0 Å². The molecule has 4 aromatic heterocycles. The molecule has 3 aliphatic rings. The number of nitriles is 1. The molecule has 5 N–H and O–H groups in total. The third-order valence-corrected chi connectivity index (χ3v) is 12.3. The summed E-state index contributed by atoms with van der Waals surface area (Å²) in [5.74, 6) is -1.73. The highest BCUT2D eigenvalue weighted by molar-refractivity contribution is 8.07. The zero-order chi connectivity index (χ0) is 44.1. The van der Waals surface area contributed by atoms with E-state index in [9.17, 15) is 28.9 Å². The summed E-state index contributed by atoms with van der Waals surface area (Å²) in [6.07, 6.45) is -10.6. The number of nitrogens with zero attached hydrogens (tertiary/aromatic N) is 8. The summed E-state index contributed by atoms with van der Waals surface area (Å²) >= 11 is 5.25. The Labute approximate surface area is 352 Å². The monoisotopic (exact) mass is 920 g/mol. The molecule has 0 spiro atoms. The Morgan fingerprint density at radius 1 is 1.10 bits per heavy atom. The van der Waals surface area contributed by atoms with Crippen LogP contribution in [-0.4, -0.2) is 116 Å². The van der Waals surface area contributed by atoms with Crippen LogP contribution in [0.1, 0.15) is 43.1 Å². The van der Waals surface area contributed by atoms with Crippen LogP contribution in [0.3, 0.4) is 0 Å². The molecule has 23 nitrogen and oxygen atoms in total. The van der Waals surface area contributed by atoms with E-state index in [2.05, 4.69) is 40.5 Å². The van der Waals surface area contributed by atoms with Gasteiger partial charge in [0.05, 0.1) is 31.8 Å². The first kappa shape index (κ1) is 43.5. The van der Waals surface area contributed by atoms with E-state index in [0.717, 1.165) is 17.2 Å². The van der Waals surface area contributed by atoms with Gasteiger partial charge in [0.15, 0.2) is 59.0 Å². The van der Waals surface area contributed by atoms with Gasteiger partial charge in [-0.25, -0.2) is 28.7 Å². The van der Waals surface area contributed by atoms with E-state index in [0.29, 0.717) is 5.56 Å². The first-order valence-electron chi connectivity index (χ1n) is 18.5. The number of hydrogen-bond acceptors (Lipinski definition) is 18. The van der Waals surface area contributed by atoms with Gasteiger partial charge in [0.2, 0.25) is 17.5 Å². The maximum Gasteiger partial charge on any atom is 0.697 e. The second-order valence-corrected chi connectivity index (χ2v) is 18.0. The summed E-state index contributed by atoms with van der Waals surface area (Å²) in [4.78, 5) is 72.6. The minimum absolute atomic E-state index is 0.0166. The van der Waals surface area contributed by atoms with E-state index in [1.807, 2.05) is 0 Å². The van der Waals surface area contributed by atoms with Gasteiger partial charge in [-0.1, -0.05) is 32.0 Å². The molecule has 2 aliphatic heterocycles. The number of aliphatic hydroxyl groups excluding tert-OH is 1. The van der Waals surface area contributed by atoms with Crippen LogP contribution in [-0.2, 0) is 48.7 Å². The highest BCUT2D eigenvalue weighted by Crippen LogP contribution is 2.65. The van der Waals surface area contributed by atoms with Crippen molar-refractivity contribution >= 4 is 72.7 Å². The van der Waals surface area contributed by atoms with Crippen LogP contribution < -0.4 is 16.2 Å². The number of aromatic nitrogens is 8. The zero-order valence-electron chi connectivity index (χ0n) is 32.0. The Hall–Kier alpha value is -5.16. The fourth-order valence-corrected chi connectivity index (χ4v) is 8.93. The summed E-state index contributed by atoms with van der Waals surface area (Å²) in [7, 11) is -2.98. The number of H-pyrrole nitrogens is 1. The van der Waals surface area contributed by atoms with Crippen molar-refractivity contribution in [3.8, 4) is 6.07 Å². The van der Waals surface area contributed by atoms with Gasteiger partial charge in [-0.2, -0.15) is 10.2 Å². The van der Waals surface area contributed by atoms with Gasteiger partial charge in [-0.3, -0.25) is 38.3 Å². The number of nitrogens with one attached hydrogen (secondary N) is 3. The molecule has 1 aromatic carbocycles. The van der Waals surface area contributed by atoms with E-state index in [4.69, 9.17) is 44.6 Å². The van der Waals surface area contributed by atoms with Gasteiger partial charge >= 0.3 is 15.0 Å². The predicted octanol–water partition coefficient (Wildman–Crippen LogP) is 2.61. The van der Waals surface area contributed by atoms with E-state index in [1.54, 1.807) is 50.2 Å². The van der Waals surface area contributed by atoms with Gasteiger partial charge in [0.1, 0.15) is 31.2 Å². The van der Waals surface area contributed by atoms with Crippen molar-refractivity contribution in [1.29, 1.82) is 5.26 Å². The quantitative estimate of drug-likeness (QED) is 0.0702. The standard InChI is InChI=1S/C34H33F2N11O12P2S/c1-15(2)28(49)44-33-43-27-20(30(51)45-33)41-14-47(27)32-24(34(36)22(57-32)23(34)58-60(52)54-10-6-9-37)59-61(53,62)55-11-17-21(48)18(35)31(56-17)46-13-40-19-25(38-12-39-26(19)46)42-29(50)16-7-4-3-5-8-16/h3-5,7-8,12-15,17-18,21-24,31-32,48H,6,10-11H2,1-2H3,(H3-,38,39,42,43,44,45,49,50,51,53,62)/p+1/t17-,18-,21-,22-,23?,24+,31-,32-,34+,61?/m1/s1. The van der Waals surface area contributed by atoms with Crippen LogP contribution in [0.15, 0.2) is 54.1 Å². The molecule has 1 saturated carbocycles. The summed E-state index contributed by atoms with van der Waals surface area (Å²) in [6.45, 7) is -2.51. The Bertz CT molecular complexity index is 2710. The number of amides is 2. The number of carbonyl (C=O) groups is 2. The van der Waals surface area contributed by atoms with Gasteiger partial charge in [-0.05, 0) is 23.9 Å². The van der Waals surface area contributed by atoms with Crippen molar-refractivity contribution in [3.05, 3.63) is 65.2 Å². The lowest BCUT2D eigenvalue weighted by Gasteiger charge is -2.29. The van der Waals surface area contributed by atoms with E-state index in [1.165, 1.54) is 10.9 Å². The largest absolute Gasteiger partial charge is 0.697 e. The van der Waals surface area contributed by atoms with Gasteiger partial charge in [0.25, 0.3) is 11.5 Å². The highest BCUT2D eigenvalue weighted by Gasteiger charge is 2.84. The van der Waals surface area contributed by atoms with Crippen molar-refractivity contribution in [2.75, 3.05) is 23.8 Å². The fraction of sp³-hybridized carbons (Fsp3) is 0.441. The van der Waals surface area contributed by atoms with Crippen molar-refractivity contribution in [1.82, 2.24) is 39.0 Å². The summed E-state index contributed by atoms with van der Waals surface area (Å²) < 4.78 is 80.6. The van der Waals surface area contributed by atoms with Crippen molar-refractivity contribution in [3.63, 3.8) is 0 Å². The first-order chi connectivity index (χ1) is 29.6. The summed E-state index contributed by atoms with van der Waals surface area (Å²) in [6, 6.07) is 10.1. The van der Waals surface area contributed by atoms with Gasteiger partial charge in [-0.15, -0.1) is 9.05 Å². The molecule has 3 unspecified atom stereocenters. The maximum absolute atomic E-state index is 17.0. The molecule has 3 fully saturated rings. The Morgan fingerprint density at radius 2 is 1.82 bits per heavy atom. The Morgan fingerprint density at radius 3 is 2.55 bits per heavy atom. The molecule has 326 valence electrons. The molecule has 0 bridgehead atoms. The SMILES string of the molecule is CC(C)C(=O)Nc1nc2c(ncn2[C@@H]2O[C@@H]3C(O[P+](=O)OCCC#N)[C@]3(F)[C@H]2OP(O)(=S)OC[C@H]2O[C@@H](n3cnc4c(NC(=O)c5ccccc5)ncnc43)[C@H](F)[C@@H]2O)c(=O)[nH]1. The third-order valence-electron chi connectivity index (χ3n) is 9.95. The average Bonchev–Trinajstić information content (AvgIpc) is 3.76. The molecule has 0 radical (unpaired) electrons. The number of fused-ring (bicyclic) bond motifs is 3. The third kappa shape index (κ3) is 8.25. The number of imidazole rings is 2. The van der Waals surface area contributed by atoms with Crippen molar-refractivity contribution in [2.24, 2.45) is 5.92 Å². The van der Waals surface area contributed by atoms with Crippen LogP contribution in [0.25, 0.3) is 22.3 Å². The molecular formula is C34H34F2N11O12P2S+. The summed E-state index contributed by atoms with van der Waals surface area (Å²) in [5.41, 5.74) is -3.50. The van der Waals surface area contributed by atoms with Gasteiger partial charge < -0.3 is 29.3 Å². The lowest BCUT2D eigenvalue weighted by Crippen LogP contribution is -2.37. The van der Waals surface area contributed by atoms with Crippen LogP contribution in [0, 0.1) is 17.2 Å². The normalized spacial score (nSPS) is 27.8. The molecule has 5 aromatic rings. The Balaban J connectivity index is 1.00. The second kappa shape index (κ2) is 17.2. The number of carbonyl (C=O) groups excluding carboxylic acids is 2. The molecule has 1 aliphatic carbocycles. The first-order valence-corrected chi connectivity index (χ1v) is 22.2. The average molecular weight is 921 g/mol. The number of benzene rings is 1. The topological polar surface area (TPSA) is 302 Å². The maximum atomic E-state index is 17.0. The number of aliphatic hydroxyl groups is 1. The number of aromatic amines is 1. The lowest BCUT2D eigenvalue weighted by atomic mass is 10.1. The smallest absolute Gasteiger partial charge is 0.387 e. The van der Waals surface area contributed by atoms with E-state index < -0.39 is 99.7 Å². The minimum Gasteiger partial charge on any atom is -0.387 e. The number of alkyl halides is 2. The highest BCUT2D eigenvalue weighted by atomic mass is 32.5. The molecule has 2 saturated heterocycles. The minimum atomic E-state index is -4.64. The number of halogens is 2. The molecule has 62 heavy (non-hydrogen) atoms. The Kier molecular flexibility index (Phi) is 12.1. The lowest BCUT2D eigenvalue weighted by molar-refractivity contribution is -0.118. The van der Waals surface area contributed by atoms with Crippen LogP contribution >= 0.6 is 15.0 Å². The van der Waals surface area contributed by atoms with E-state index >= 15 is 8.78 Å². The fourth-order valence-electron chi connectivity index (χ4n) is 6.76. The number of anilines is 2. The van der Waals surface area contributed by atoms with Gasteiger partial charge in [0, 0.05) is 16.0 Å². The van der Waals surface area contributed by atoms with Crippen LogP contribution in [0.5, 0.6) is 0 Å². The molecule has 11 atom stereocenters. The molecule has 2 amide bonds. The number of rotatable bonds is 16. The van der Waals surface area contributed by atoms with Crippen molar-refractivity contribution in [2.45, 2.75) is 75.1 Å². The predicted molar refractivity (Wildman–Crippen MR) is 210 cm³/mol. The number of ether oxygens (including phenoxy) is 2. The molecule has 8 rings (SSSR count). The van der Waals surface area contributed by atoms with Crippen LogP contribution in [0.4, 0.5) is 20.5 Å². The molecular weight excluding hydrogens is 886 g/mol. The zero-order valence-corrected chi connectivity index (χ0v) is 34.7. The molecule has 6 heterocycles.